The van der Waals surface area contributed by atoms with Gasteiger partial charge in [0.2, 0.25) is 0 Å². The number of aromatic nitrogens is 4. The molecule has 0 unspecified atom stereocenters. The van der Waals surface area contributed by atoms with Crippen molar-refractivity contribution in [3.05, 3.63) is 12.5 Å². The van der Waals surface area contributed by atoms with E-state index in [0.717, 1.165) is 36.5 Å². The van der Waals surface area contributed by atoms with Crippen LogP contribution in [-0.2, 0) is 7.05 Å². The number of nitrogens with one attached hydrogen (secondary N) is 1. The van der Waals surface area contributed by atoms with Crippen LogP contribution in [0.3, 0.4) is 0 Å². The molecular formula is C15H22N6. The summed E-state index contributed by atoms with van der Waals surface area (Å²) in [6.45, 7) is 3.10. The van der Waals surface area contributed by atoms with Crippen LogP contribution in [0.25, 0.3) is 11.0 Å². The molecular weight excluding hydrogens is 264 g/mol. The van der Waals surface area contributed by atoms with E-state index in [1.54, 1.807) is 6.33 Å². The highest BCUT2D eigenvalue weighted by molar-refractivity contribution is 5.87. The van der Waals surface area contributed by atoms with Gasteiger partial charge in [-0.05, 0) is 12.8 Å². The van der Waals surface area contributed by atoms with E-state index < -0.39 is 0 Å². The zero-order chi connectivity index (χ0) is 14.3. The van der Waals surface area contributed by atoms with Crippen LogP contribution >= 0.6 is 0 Å². The van der Waals surface area contributed by atoms with Crippen LogP contribution in [0.15, 0.2) is 12.5 Å². The Labute approximate surface area is 124 Å². The predicted octanol–water partition coefficient (Wildman–Crippen LogP) is 1.48. The second-order valence-corrected chi connectivity index (χ2v) is 6.32. The summed E-state index contributed by atoms with van der Waals surface area (Å²) < 4.78 is 1.83. The summed E-state index contributed by atoms with van der Waals surface area (Å²) in [5, 5.41) is 9.02. The van der Waals surface area contributed by atoms with Crippen molar-refractivity contribution in [2.24, 2.45) is 7.05 Å². The van der Waals surface area contributed by atoms with Gasteiger partial charge in [-0.15, -0.1) is 0 Å². The van der Waals surface area contributed by atoms with E-state index >= 15 is 0 Å². The fraction of sp³-hybridized carbons (Fsp3) is 0.667. The maximum absolute atomic E-state index is 4.63. The third kappa shape index (κ3) is 2.00. The predicted molar refractivity (Wildman–Crippen MR) is 82.3 cm³/mol. The van der Waals surface area contributed by atoms with Crippen LogP contribution in [0.4, 0.5) is 5.82 Å². The first-order chi connectivity index (χ1) is 10.3. The minimum absolute atomic E-state index is 0.230. The molecule has 112 valence electrons. The first-order valence-corrected chi connectivity index (χ1v) is 7.91. The summed E-state index contributed by atoms with van der Waals surface area (Å²) in [6.07, 6.45) is 10.1. The first-order valence-electron chi connectivity index (χ1n) is 7.91. The molecule has 2 aliphatic rings. The fourth-order valence-corrected chi connectivity index (χ4v) is 4.00. The molecule has 2 aromatic rings. The highest BCUT2D eigenvalue weighted by Crippen LogP contribution is 2.38. The van der Waals surface area contributed by atoms with Crippen molar-refractivity contribution in [2.75, 3.05) is 24.5 Å². The minimum Gasteiger partial charge on any atom is -0.348 e. The molecule has 2 aromatic heterocycles. The number of nitrogens with zero attached hydrogens (tertiary/aromatic N) is 5. The van der Waals surface area contributed by atoms with Gasteiger partial charge in [0.1, 0.15) is 12.1 Å². The lowest BCUT2D eigenvalue weighted by Crippen LogP contribution is -2.62. The molecule has 1 N–H and O–H groups in total. The van der Waals surface area contributed by atoms with Crippen molar-refractivity contribution in [1.82, 2.24) is 25.1 Å². The Morgan fingerprint density at radius 2 is 2.05 bits per heavy atom. The van der Waals surface area contributed by atoms with Gasteiger partial charge in [-0.1, -0.05) is 19.3 Å². The molecule has 1 saturated heterocycles. The summed E-state index contributed by atoms with van der Waals surface area (Å²) in [6, 6.07) is 0. The Hall–Kier alpha value is -1.69. The monoisotopic (exact) mass is 286 g/mol. The third-order valence-electron chi connectivity index (χ3n) is 5.09. The lowest BCUT2D eigenvalue weighted by Gasteiger charge is -2.50. The van der Waals surface area contributed by atoms with Gasteiger partial charge >= 0.3 is 0 Å². The van der Waals surface area contributed by atoms with Gasteiger partial charge in [0.25, 0.3) is 0 Å². The normalized spacial score (nSPS) is 22.0. The van der Waals surface area contributed by atoms with Crippen LogP contribution in [-0.4, -0.2) is 44.9 Å². The van der Waals surface area contributed by atoms with E-state index in [-0.39, 0.29) is 5.54 Å². The molecule has 1 saturated carbocycles. The average Bonchev–Trinajstić information content (AvgIpc) is 2.91. The van der Waals surface area contributed by atoms with Gasteiger partial charge in [0.05, 0.1) is 17.1 Å². The molecule has 21 heavy (non-hydrogen) atoms. The molecule has 2 fully saturated rings. The summed E-state index contributed by atoms with van der Waals surface area (Å²) in [7, 11) is 1.94. The van der Waals surface area contributed by atoms with E-state index in [1.807, 2.05) is 17.9 Å². The summed E-state index contributed by atoms with van der Waals surface area (Å²) in [4.78, 5) is 11.5. The largest absolute Gasteiger partial charge is 0.348 e. The number of anilines is 1. The van der Waals surface area contributed by atoms with E-state index in [9.17, 15) is 0 Å². The van der Waals surface area contributed by atoms with Crippen LogP contribution in [0.5, 0.6) is 0 Å². The van der Waals surface area contributed by atoms with Gasteiger partial charge in [-0.3, -0.25) is 4.68 Å². The lowest BCUT2D eigenvalue weighted by molar-refractivity contribution is 0.240. The SMILES string of the molecule is Cn1ncc2c(N3CCNCC34CCCCC4)ncnc21. The van der Waals surface area contributed by atoms with Gasteiger partial charge in [0, 0.05) is 26.7 Å². The Morgan fingerprint density at radius 3 is 2.90 bits per heavy atom. The van der Waals surface area contributed by atoms with Crippen LogP contribution in [0.2, 0.25) is 0 Å². The number of piperazine rings is 1. The quantitative estimate of drug-likeness (QED) is 0.860. The van der Waals surface area contributed by atoms with E-state index in [0.29, 0.717) is 0 Å². The molecule has 1 aliphatic heterocycles. The molecule has 0 aromatic carbocycles. The van der Waals surface area contributed by atoms with Crippen molar-refractivity contribution in [3.8, 4) is 0 Å². The Morgan fingerprint density at radius 1 is 1.19 bits per heavy atom. The molecule has 1 aliphatic carbocycles. The second-order valence-electron chi connectivity index (χ2n) is 6.32. The number of hydrogen-bond acceptors (Lipinski definition) is 5. The number of hydrogen-bond donors (Lipinski definition) is 1. The van der Waals surface area contributed by atoms with Crippen LogP contribution in [0.1, 0.15) is 32.1 Å². The van der Waals surface area contributed by atoms with Crippen molar-refractivity contribution in [3.63, 3.8) is 0 Å². The van der Waals surface area contributed by atoms with Gasteiger partial charge in [0.15, 0.2) is 5.65 Å². The van der Waals surface area contributed by atoms with Crippen molar-refractivity contribution in [1.29, 1.82) is 0 Å². The average molecular weight is 286 g/mol. The number of fused-ring (bicyclic) bond motifs is 1. The summed E-state index contributed by atoms with van der Waals surface area (Å²) in [5.41, 5.74) is 1.15. The maximum Gasteiger partial charge on any atom is 0.163 e. The third-order valence-corrected chi connectivity index (χ3v) is 5.09. The summed E-state index contributed by atoms with van der Waals surface area (Å²) >= 11 is 0. The molecule has 0 amide bonds. The van der Waals surface area contributed by atoms with E-state index in [2.05, 4.69) is 25.3 Å². The smallest absolute Gasteiger partial charge is 0.163 e. The lowest BCUT2D eigenvalue weighted by atomic mass is 9.79. The van der Waals surface area contributed by atoms with Crippen molar-refractivity contribution < 1.29 is 0 Å². The van der Waals surface area contributed by atoms with Crippen molar-refractivity contribution >= 4 is 16.9 Å². The molecule has 0 radical (unpaired) electrons. The fourth-order valence-electron chi connectivity index (χ4n) is 4.00. The maximum atomic E-state index is 4.63. The Bertz CT molecular complexity index is 634. The van der Waals surface area contributed by atoms with Gasteiger partial charge in [-0.2, -0.15) is 5.10 Å². The molecule has 0 bridgehead atoms. The van der Waals surface area contributed by atoms with E-state index in [4.69, 9.17) is 0 Å². The van der Waals surface area contributed by atoms with Gasteiger partial charge in [-0.25, -0.2) is 9.97 Å². The molecule has 6 heteroatoms. The molecule has 4 rings (SSSR count). The topological polar surface area (TPSA) is 58.9 Å². The molecule has 0 atom stereocenters. The highest BCUT2D eigenvalue weighted by atomic mass is 15.3. The second kappa shape index (κ2) is 4.94. The van der Waals surface area contributed by atoms with Crippen molar-refractivity contribution in [2.45, 2.75) is 37.6 Å². The Balaban J connectivity index is 1.81. The molecule has 1 spiro atoms. The number of aryl methyl sites for hydroxylation is 1. The zero-order valence-corrected chi connectivity index (χ0v) is 12.5. The number of rotatable bonds is 1. The zero-order valence-electron chi connectivity index (χ0n) is 12.5. The summed E-state index contributed by atoms with van der Waals surface area (Å²) in [5.74, 6) is 1.07. The molecule has 3 heterocycles. The highest BCUT2D eigenvalue weighted by Gasteiger charge is 2.41. The Kier molecular flexibility index (Phi) is 3.06. The van der Waals surface area contributed by atoms with Gasteiger partial charge < -0.3 is 10.2 Å². The van der Waals surface area contributed by atoms with E-state index in [1.165, 1.54) is 32.1 Å². The minimum atomic E-state index is 0.230. The van der Waals surface area contributed by atoms with Crippen LogP contribution < -0.4 is 10.2 Å². The standard InChI is InChI=1S/C15H22N6/c1-20-13-12(9-19-20)14(18-11-17-13)21-8-7-16-10-15(21)5-3-2-4-6-15/h9,11,16H,2-8,10H2,1H3. The molecule has 6 nitrogen and oxygen atoms in total. The first kappa shape index (κ1) is 13.0. The van der Waals surface area contributed by atoms with Crippen LogP contribution in [0, 0.1) is 0 Å².